The highest BCUT2D eigenvalue weighted by Gasteiger charge is 2.48. The second-order valence-corrected chi connectivity index (χ2v) is 7.84. The summed E-state index contributed by atoms with van der Waals surface area (Å²) in [5.74, 6) is 2.49. The van der Waals surface area contributed by atoms with Crippen LogP contribution in [-0.2, 0) is 16.1 Å². The predicted octanol–water partition coefficient (Wildman–Crippen LogP) is 4.65. The number of carbonyl (C=O) groups excluding carboxylic acids is 1. The molecule has 0 heterocycles. The maximum Gasteiger partial charge on any atom is 0.143 e. The van der Waals surface area contributed by atoms with Crippen LogP contribution in [0.3, 0.4) is 0 Å². The van der Waals surface area contributed by atoms with Crippen molar-refractivity contribution in [2.75, 3.05) is 6.61 Å². The van der Waals surface area contributed by atoms with E-state index in [-0.39, 0.29) is 5.41 Å². The summed E-state index contributed by atoms with van der Waals surface area (Å²) in [6.45, 7) is 8.13. The molecule has 124 valence electrons. The lowest BCUT2D eigenvalue weighted by atomic mass is 9.56. The largest absolute Gasteiger partial charge is 0.376 e. The Morgan fingerprint density at radius 2 is 2.00 bits per heavy atom. The number of ether oxygens (including phenoxy) is 1. The van der Waals surface area contributed by atoms with Crippen molar-refractivity contribution in [3.63, 3.8) is 0 Å². The Hall–Kier alpha value is -1.41. The minimum absolute atomic E-state index is 0.230. The summed E-state index contributed by atoms with van der Waals surface area (Å²) in [6.07, 6.45) is 6.16. The number of ketones is 1. The molecular weight excluding hydrogens is 284 g/mol. The number of hydrogen-bond donors (Lipinski definition) is 0. The number of allylic oxidation sites excluding steroid dienone is 2. The van der Waals surface area contributed by atoms with Crippen LogP contribution in [-0.4, -0.2) is 12.4 Å². The van der Waals surface area contributed by atoms with Crippen LogP contribution in [0.25, 0.3) is 0 Å². The zero-order valence-corrected chi connectivity index (χ0v) is 14.5. The zero-order valence-electron chi connectivity index (χ0n) is 14.5. The van der Waals surface area contributed by atoms with Crippen molar-refractivity contribution < 1.29 is 9.53 Å². The molecule has 2 nitrogen and oxygen atoms in total. The van der Waals surface area contributed by atoms with E-state index in [1.54, 1.807) is 0 Å². The Balaban J connectivity index is 1.64. The third-order valence-electron chi connectivity index (χ3n) is 5.81. The van der Waals surface area contributed by atoms with E-state index in [9.17, 15) is 4.79 Å². The fourth-order valence-corrected chi connectivity index (χ4v) is 4.23. The van der Waals surface area contributed by atoms with Gasteiger partial charge in [-0.1, -0.05) is 56.3 Å². The van der Waals surface area contributed by atoms with E-state index in [1.165, 1.54) is 5.56 Å². The molecule has 23 heavy (non-hydrogen) atoms. The van der Waals surface area contributed by atoms with E-state index >= 15 is 0 Å². The molecule has 0 N–H and O–H groups in total. The zero-order chi connectivity index (χ0) is 16.4. The molecule has 0 aliphatic heterocycles. The first-order chi connectivity index (χ1) is 11.0. The van der Waals surface area contributed by atoms with Crippen LogP contribution in [0.2, 0.25) is 0 Å². The molecule has 0 aromatic heterocycles. The van der Waals surface area contributed by atoms with Crippen LogP contribution < -0.4 is 0 Å². The van der Waals surface area contributed by atoms with Gasteiger partial charge in [-0.05, 0) is 42.6 Å². The number of hydrogen-bond acceptors (Lipinski definition) is 2. The van der Waals surface area contributed by atoms with Crippen LogP contribution in [0.15, 0.2) is 42.5 Å². The van der Waals surface area contributed by atoms with Crippen molar-refractivity contribution in [1.29, 1.82) is 0 Å². The molecule has 2 heteroatoms. The van der Waals surface area contributed by atoms with E-state index in [0.29, 0.717) is 36.1 Å². The fraction of sp³-hybridized carbons (Fsp3) is 0.571. The number of fused-ring (bicyclic) bond motifs is 2. The van der Waals surface area contributed by atoms with Crippen molar-refractivity contribution in [3.8, 4) is 0 Å². The van der Waals surface area contributed by atoms with Gasteiger partial charge in [0.05, 0.1) is 13.2 Å². The summed E-state index contributed by atoms with van der Waals surface area (Å²) in [4.78, 5) is 12.2. The summed E-state index contributed by atoms with van der Waals surface area (Å²) in [6, 6.07) is 10.3. The van der Waals surface area contributed by atoms with Gasteiger partial charge in [0.2, 0.25) is 0 Å². The summed E-state index contributed by atoms with van der Waals surface area (Å²) in [5, 5.41) is 0. The molecule has 3 aliphatic carbocycles. The molecule has 2 unspecified atom stereocenters. The van der Waals surface area contributed by atoms with Gasteiger partial charge < -0.3 is 4.74 Å². The Kier molecular flexibility index (Phi) is 4.72. The van der Waals surface area contributed by atoms with Gasteiger partial charge in [-0.25, -0.2) is 0 Å². The molecule has 0 spiro atoms. The third-order valence-corrected chi connectivity index (χ3v) is 5.81. The number of Topliss-reactive ketones (excluding diaryl/α,β-unsaturated/α-hetero) is 1. The van der Waals surface area contributed by atoms with Crippen LogP contribution in [0, 0.1) is 29.1 Å². The Bertz CT molecular complexity index is 575. The first-order valence-electron chi connectivity index (χ1n) is 8.84. The molecule has 1 aromatic rings. The van der Waals surface area contributed by atoms with Gasteiger partial charge in [-0.3, -0.25) is 4.79 Å². The lowest BCUT2D eigenvalue weighted by Crippen LogP contribution is -2.46. The molecule has 1 saturated carbocycles. The molecule has 2 bridgehead atoms. The molecule has 1 fully saturated rings. The maximum absolute atomic E-state index is 12.2. The first kappa shape index (κ1) is 16.4. The van der Waals surface area contributed by atoms with Gasteiger partial charge in [0.25, 0.3) is 0 Å². The Labute approximate surface area is 139 Å². The fourth-order valence-electron chi connectivity index (χ4n) is 4.23. The molecule has 1 aromatic carbocycles. The molecule has 4 rings (SSSR count). The second-order valence-electron chi connectivity index (χ2n) is 7.84. The van der Waals surface area contributed by atoms with Gasteiger partial charge in [-0.2, -0.15) is 0 Å². The van der Waals surface area contributed by atoms with Gasteiger partial charge in [0, 0.05) is 11.8 Å². The van der Waals surface area contributed by atoms with Gasteiger partial charge in [-0.15, -0.1) is 0 Å². The van der Waals surface area contributed by atoms with Crippen LogP contribution in [0.4, 0.5) is 0 Å². The molecule has 4 atom stereocenters. The number of benzene rings is 1. The third kappa shape index (κ3) is 3.42. The quantitative estimate of drug-likeness (QED) is 0.715. The topological polar surface area (TPSA) is 26.3 Å². The Morgan fingerprint density at radius 3 is 2.61 bits per heavy atom. The van der Waals surface area contributed by atoms with E-state index in [2.05, 4.69) is 57.2 Å². The first-order valence-corrected chi connectivity index (χ1v) is 8.84. The normalized spacial score (nSPS) is 30.9. The molecule has 0 saturated heterocycles. The van der Waals surface area contributed by atoms with E-state index in [0.717, 1.165) is 19.4 Å². The summed E-state index contributed by atoms with van der Waals surface area (Å²) in [5.41, 5.74) is 0.994. The van der Waals surface area contributed by atoms with Crippen molar-refractivity contribution in [1.82, 2.24) is 0 Å². The highest BCUT2D eigenvalue weighted by Crippen LogP contribution is 2.50. The Morgan fingerprint density at radius 1 is 1.26 bits per heavy atom. The van der Waals surface area contributed by atoms with Crippen molar-refractivity contribution >= 4 is 5.78 Å². The van der Waals surface area contributed by atoms with Crippen molar-refractivity contribution in [2.45, 2.75) is 40.2 Å². The minimum Gasteiger partial charge on any atom is -0.376 e. The summed E-state index contributed by atoms with van der Waals surface area (Å²) >= 11 is 0. The lowest BCUT2D eigenvalue weighted by Gasteiger charge is -2.47. The number of rotatable bonds is 6. The second kappa shape index (κ2) is 6.60. The van der Waals surface area contributed by atoms with Gasteiger partial charge >= 0.3 is 0 Å². The minimum atomic E-state index is -0.230. The average Bonchev–Trinajstić information content (AvgIpc) is 2.53. The van der Waals surface area contributed by atoms with Gasteiger partial charge in [0.15, 0.2) is 0 Å². The van der Waals surface area contributed by atoms with E-state index in [4.69, 9.17) is 4.74 Å². The highest BCUT2D eigenvalue weighted by atomic mass is 16.5. The van der Waals surface area contributed by atoms with Crippen molar-refractivity contribution in [3.05, 3.63) is 48.0 Å². The molecule has 0 amide bonds. The average molecular weight is 312 g/mol. The summed E-state index contributed by atoms with van der Waals surface area (Å²) in [7, 11) is 0. The van der Waals surface area contributed by atoms with E-state index in [1.807, 2.05) is 6.07 Å². The molecular formula is C21H28O2. The van der Waals surface area contributed by atoms with Crippen LogP contribution >= 0.6 is 0 Å². The highest BCUT2D eigenvalue weighted by molar-refractivity contribution is 5.88. The number of carbonyl (C=O) groups is 1. The van der Waals surface area contributed by atoms with Crippen LogP contribution in [0.5, 0.6) is 0 Å². The van der Waals surface area contributed by atoms with Gasteiger partial charge in [0.1, 0.15) is 5.78 Å². The smallest absolute Gasteiger partial charge is 0.143 e. The monoisotopic (exact) mass is 312 g/mol. The lowest BCUT2D eigenvalue weighted by molar-refractivity contribution is -0.133. The molecule has 0 radical (unpaired) electrons. The predicted molar refractivity (Wildman–Crippen MR) is 92.9 cm³/mol. The molecule has 3 aliphatic rings. The maximum atomic E-state index is 12.2. The van der Waals surface area contributed by atoms with Crippen LogP contribution in [0.1, 0.15) is 39.2 Å². The van der Waals surface area contributed by atoms with E-state index < -0.39 is 0 Å². The standard InChI is InChI=1S/C21H28O2/c1-15(2)19(14-23-13-16-7-5-4-6-8-16)18-12-21(3)10-9-17(18)11-20(21)22/h4-10,15,17-19H,11-14H2,1-3H3/t17?,18-,19-,21?/m1/s1. The SMILES string of the molecule is CC(C)[C@@H](COCc1ccccc1)[C@@H]1CC2(C)C=CC1CC2=O. The van der Waals surface area contributed by atoms with Crippen molar-refractivity contribution in [2.24, 2.45) is 29.1 Å². The summed E-state index contributed by atoms with van der Waals surface area (Å²) < 4.78 is 6.05.